The zero-order chi connectivity index (χ0) is 8.81. The molecule has 0 saturated carbocycles. The van der Waals surface area contributed by atoms with Crippen molar-refractivity contribution in [3.8, 4) is 0 Å². The molecule has 0 amide bonds. The highest BCUT2D eigenvalue weighted by Gasteiger charge is 1.94. The molecule has 0 fully saturated rings. The predicted molar refractivity (Wildman–Crippen MR) is 52.0 cm³/mol. The summed E-state index contributed by atoms with van der Waals surface area (Å²) in [4.78, 5) is 0. The molecule has 1 aromatic rings. The number of unbranched alkanes of at least 4 members (excludes halogenated alkanes) is 1. The highest BCUT2D eigenvalue weighted by molar-refractivity contribution is 5.57. The lowest BCUT2D eigenvalue weighted by Gasteiger charge is -1.98. The second kappa shape index (κ2) is 4.60. The largest absolute Gasteiger partial charge is 0.508 e. The van der Waals surface area contributed by atoms with Gasteiger partial charge in [0, 0.05) is 5.56 Å². The van der Waals surface area contributed by atoms with Crippen molar-refractivity contribution in [2.75, 3.05) is 0 Å². The average molecular weight is 162 g/mol. The minimum absolute atomic E-state index is 0.387. The summed E-state index contributed by atoms with van der Waals surface area (Å²) in [7, 11) is 0. The van der Waals surface area contributed by atoms with Crippen molar-refractivity contribution in [3.05, 3.63) is 42.0 Å². The van der Waals surface area contributed by atoms with Gasteiger partial charge >= 0.3 is 0 Å². The van der Waals surface area contributed by atoms with Gasteiger partial charge in [0.25, 0.3) is 0 Å². The van der Waals surface area contributed by atoms with Gasteiger partial charge in [0.15, 0.2) is 0 Å². The van der Waals surface area contributed by atoms with Crippen molar-refractivity contribution in [3.63, 3.8) is 0 Å². The maximum absolute atomic E-state index is 9.51. The van der Waals surface area contributed by atoms with E-state index in [9.17, 15) is 5.11 Å². The van der Waals surface area contributed by atoms with Crippen molar-refractivity contribution in [2.24, 2.45) is 0 Å². The zero-order valence-electron chi connectivity index (χ0n) is 7.33. The second-order valence-electron chi connectivity index (χ2n) is 2.74. The van der Waals surface area contributed by atoms with Gasteiger partial charge < -0.3 is 5.11 Å². The number of allylic oxidation sites excluding steroid dienone is 1. The zero-order valence-corrected chi connectivity index (χ0v) is 7.33. The average Bonchev–Trinajstić information content (AvgIpc) is 2.15. The van der Waals surface area contributed by atoms with Crippen molar-refractivity contribution in [1.29, 1.82) is 0 Å². The Hall–Kier alpha value is -1.24. The molecule has 0 aliphatic heterocycles. The van der Waals surface area contributed by atoms with E-state index in [0.29, 0.717) is 5.76 Å². The molecule has 0 saturated heterocycles. The van der Waals surface area contributed by atoms with E-state index in [2.05, 4.69) is 6.92 Å². The van der Waals surface area contributed by atoms with Crippen LogP contribution in [0.5, 0.6) is 0 Å². The topological polar surface area (TPSA) is 20.2 Å². The molecule has 0 unspecified atom stereocenters. The first-order valence-electron chi connectivity index (χ1n) is 4.29. The molecule has 1 aromatic carbocycles. The summed E-state index contributed by atoms with van der Waals surface area (Å²) in [6.45, 7) is 2.09. The maximum Gasteiger partial charge on any atom is 0.118 e. The van der Waals surface area contributed by atoms with Gasteiger partial charge in [-0.15, -0.1) is 0 Å². The molecule has 1 nitrogen and oxygen atoms in total. The minimum Gasteiger partial charge on any atom is -0.508 e. The Morgan fingerprint density at radius 3 is 2.58 bits per heavy atom. The fraction of sp³-hybridized carbons (Fsp3) is 0.273. The maximum atomic E-state index is 9.51. The molecule has 0 atom stereocenters. The first-order chi connectivity index (χ1) is 5.84. The third kappa shape index (κ3) is 2.42. The van der Waals surface area contributed by atoms with Crippen molar-refractivity contribution < 1.29 is 5.11 Å². The Labute approximate surface area is 73.4 Å². The fourth-order valence-corrected chi connectivity index (χ4v) is 1.01. The number of hydrogen-bond donors (Lipinski definition) is 1. The van der Waals surface area contributed by atoms with Crippen LogP contribution in [0.25, 0.3) is 5.76 Å². The number of aliphatic hydroxyl groups is 1. The highest BCUT2D eigenvalue weighted by atomic mass is 16.3. The summed E-state index contributed by atoms with van der Waals surface area (Å²) < 4.78 is 0. The summed E-state index contributed by atoms with van der Waals surface area (Å²) >= 11 is 0. The molecule has 1 heteroatoms. The summed E-state index contributed by atoms with van der Waals surface area (Å²) in [5, 5.41) is 9.51. The normalized spacial score (nSPS) is 11.6. The minimum atomic E-state index is 0.387. The summed E-state index contributed by atoms with van der Waals surface area (Å²) in [5.41, 5.74) is 0.894. The Morgan fingerprint density at radius 1 is 1.33 bits per heavy atom. The third-order valence-electron chi connectivity index (χ3n) is 1.70. The predicted octanol–water partition coefficient (Wildman–Crippen LogP) is 3.39. The van der Waals surface area contributed by atoms with E-state index in [1.54, 1.807) is 0 Å². The number of rotatable bonds is 3. The lowest BCUT2D eigenvalue weighted by molar-refractivity contribution is 0.509. The first kappa shape index (κ1) is 8.85. The molecular formula is C11H14O. The lowest BCUT2D eigenvalue weighted by atomic mass is 10.1. The molecular weight excluding hydrogens is 148 g/mol. The van der Waals surface area contributed by atoms with Gasteiger partial charge in [0.1, 0.15) is 5.76 Å². The molecule has 12 heavy (non-hydrogen) atoms. The molecule has 1 N–H and O–H groups in total. The number of hydrogen-bond acceptors (Lipinski definition) is 1. The van der Waals surface area contributed by atoms with E-state index in [-0.39, 0.29) is 0 Å². The van der Waals surface area contributed by atoms with Gasteiger partial charge in [-0.1, -0.05) is 43.7 Å². The quantitative estimate of drug-likeness (QED) is 0.675. The van der Waals surface area contributed by atoms with Gasteiger partial charge in [0.2, 0.25) is 0 Å². The Balaban J connectivity index is 2.71. The van der Waals surface area contributed by atoms with E-state index in [1.807, 2.05) is 36.4 Å². The molecule has 0 aliphatic carbocycles. The smallest absolute Gasteiger partial charge is 0.118 e. The monoisotopic (exact) mass is 162 g/mol. The number of benzene rings is 1. The van der Waals surface area contributed by atoms with E-state index in [0.717, 1.165) is 18.4 Å². The molecule has 0 aromatic heterocycles. The first-order valence-corrected chi connectivity index (χ1v) is 4.29. The summed E-state index contributed by atoms with van der Waals surface area (Å²) in [6.07, 6.45) is 3.85. The van der Waals surface area contributed by atoms with Crippen LogP contribution in [0.2, 0.25) is 0 Å². The third-order valence-corrected chi connectivity index (χ3v) is 1.70. The van der Waals surface area contributed by atoms with Crippen LogP contribution >= 0.6 is 0 Å². The van der Waals surface area contributed by atoms with Crippen LogP contribution in [0.3, 0.4) is 0 Å². The van der Waals surface area contributed by atoms with Crippen molar-refractivity contribution in [1.82, 2.24) is 0 Å². The van der Waals surface area contributed by atoms with E-state index in [1.165, 1.54) is 0 Å². The van der Waals surface area contributed by atoms with Crippen LogP contribution in [0, 0.1) is 0 Å². The lowest BCUT2D eigenvalue weighted by Crippen LogP contribution is -1.80. The van der Waals surface area contributed by atoms with Gasteiger partial charge in [-0.05, 0) is 12.5 Å². The SMILES string of the molecule is CCC/C=C(\O)c1ccccc1. The molecule has 0 bridgehead atoms. The van der Waals surface area contributed by atoms with E-state index < -0.39 is 0 Å². The highest BCUT2D eigenvalue weighted by Crippen LogP contribution is 2.11. The van der Waals surface area contributed by atoms with Gasteiger partial charge in [-0.25, -0.2) is 0 Å². The Bertz CT molecular complexity index is 249. The Morgan fingerprint density at radius 2 is 2.00 bits per heavy atom. The van der Waals surface area contributed by atoms with Crippen LogP contribution in [-0.2, 0) is 0 Å². The van der Waals surface area contributed by atoms with Crippen LogP contribution < -0.4 is 0 Å². The van der Waals surface area contributed by atoms with Gasteiger partial charge in [0.05, 0.1) is 0 Å². The molecule has 64 valence electrons. The van der Waals surface area contributed by atoms with Gasteiger partial charge in [-0.3, -0.25) is 0 Å². The molecule has 1 rings (SSSR count). The fourth-order valence-electron chi connectivity index (χ4n) is 1.01. The molecule has 0 radical (unpaired) electrons. The second-order valence-corrected chi connectivity index (χ2v) is 2.74. The molecule has 0 spiro atoms. The standard InChI is InChI=1S/C11H14O/c1-2-3-9-11(12)10-7-5-4-6-8-10/h4-9,12H,2-3H2,1H3/b11-9-. The Kier molecular flexibility index (Phi) is 3.39. The van der Waals surface area contributed by atoms with Crippen LogP contribution in [-0.4, -0.2) is 5.11 Å². The van der Waals surface area contributed by atoms with E-state index in [4.69, 9.17) is 0 Å². The van der Waals surface area contributed by atoms with Crippen molar-refractivity contribution >= 4 is 5.76 Å². The van der Waals surface area contributed by atoms with Crippen molar-refractivity contribution in [2.45, 2.75) is 19.8 Å². The van der Waals surface area contributed by atoms with Crippen LogP contribution in [0.1, 0.15) is 25.3 Å². The number of aliphatic hydroxyl groups excluding tert-OH is 1. The van der Waals surface area contributed by atoms with Gasteiger partial charge in [-0.2, -0.15) is 0 Å². The summed E-state index contributed by atoms with van der Waals surface area (Å²) in [5.74, 6) is 0.387. The van der Waals surface area contributed by atoms with E-state index >= 15 is 0 Å². The van der Waals surface area contributed by atoms with Crippen LogP contribution in [0.15, 0.2) is 36.4 Å². The molecule has 0 aliphatic rings. The molecule has 0 heterocycles. The summed E-state index contributed by atoms with van der Waals surface area (Å²) in [6, 6.07) is 9.59. The van der Waals surface area contributed by atoms with Crippen LogP contribution in [0.4, 0.5) is 0 Å².